The molecule has 1 fully saturated rings. The molecule has 1 aliphatic heterocycles. The van der Waals surface area contributed by atoms with Gasteiger partial charge in [-0.2, -0.15) is 18.3 Å². The highest BCUT2D eigenvalue weighted by molar-refractivity contribution is 7.16. The molecule has 3 N–H and O–H groups in total. The molecule has 1 aliphatic carbocycles. The smallest absolute Gasteiger partial charge is 0.444 e. The lowest BCUT2D eigenvalue weighted by Gasteiger charge is -2.25. The molecule has 45 heavy (non-hydrogen) atoms. The zero-order valence-corrected chi connectivity index (χ0v) is 25.8. The highest BCUT2D eigenvalue weighted by Crippen LogP contribution is 2.40. The van der Waals surface area contributed by atoms with Crippen molar-refractivity contribution in [3.8, 4) is 0 Å². The third-order valence-corrected chi connectivity index (χ3v) is 7.94. The van der Waals surface area contributed by atoms with E-state index in [1.54, 1.807) is 25.5 Å². The van der Waals surface area contributed by atoms with E-state index in [-0.39, 0.29) is 34.4 Å². The quantitative estimate of drug-likeness (QED) is 0.319. The first-order chi connectivity index (χ1) is 21.1. The van der Waals surface area contributed by atoms with Crippen LogP contribution in [-0.2, 0) is 16.1 Å². The normalized spacial score (nSPS) is 20.7. The average Bonchev–Trinajstić information content (AvgIpc) is 3.44. The Balaban J connectivity index is 1.60. The molecule has 0 saturated carbocycles. The van der Waals surface area contributed by atoms with Gasteiger partial charge < -0.3 is 20.3 Å². The standard InChI is InChI=1S/C28H34F5N7O4S/c1-5-40-24(39-12-7-8-15(11-13-39)35-25(42)28(31,32)33)18(14-34-40)36-21(41)20-23(38-26(43)44-27(2,3)4)45-22(37-20)19-16(29)9-6-10-17(19)30/h6,9-10,14-16,19H,5,7-8,11-13H2,1-4H3,(H,35,42)(H,36,41)(H,38,43)/t15-,16?,19?/m0/s1. The van der Waals surface area contributed by atoms with Crippen LogP contribution < -0.4 is 20.9 Å². The zero-order chi connectivity index (χ0) is 33.1. The third kappa shape index (κ3) is 8.38. The second-order valence-corrected chi connectivity index (χ2v) is 12.5. The van der Waals surface area contributed by atoms with Crippen LogP contribution in [0.2, 0.25) is 0 Å². The Morgan fingerprint density at radius 3 is 2.51 bits per heavy atom. The number of nitrogens with zero attached hydrogens (tertiary/aromatic N) is 4. The lowest BCUT2D eigenvalue weighted by molar-refractivity contribution is -0.174. The molecule has 2 aromatic rings. The molecule has 1 saturated heterocycles. The van der Waals surface area contributed by atoms with Gasteiger partial charge in [0, 0.05) is 25.7 Å². The molecule has 11 nitrogen and oxygen atoms in total. The Labute approximate surface area is 259 Å². The maximum atomic E-state index is 14.7. The number of carbonyl (C=O) groups is 3. The van der Waals surface area contributed by atoms with E-state index >= 15 is 0 Å². The number of hydrogen-bond acceptors (Lipinski definition) is 8. The molecule has 3 atom stereocenters. The van der Waals surface area contributed by atoms with Crippen LogP contribution in [0, 0.1) is 0 Å². The first-order valence-corrected chi connectivity index (χ1v) is 15.1. The second-order valence-electron chi connectivity index (χ2n) is 11.5. The van der Waals surface area contributed by atoms with Gasteiger partial charge in [-0.05, 0) is 59.1 Å². The summed E-state index contributed by atoms with van der Waals surface area (Å²) in [4.78, 5) is 43.8. The fourth-order valence-corrected chi connectivity index (χ4v) is 6.00. The Kier molecular flexibility index (Phi) is 10.2. The predicted octanol–water partition coefficient (Wildman–Crippen LogP) is 5.84. The molecule has 2 aromatic heterocycles. The van der Waals surface area contributed by atoms with Gasteiger partial charge in [-0.3, -0.25) is 14.9 Å². The minimum absolute atomic E-state index is 0.0826. The first-order valence-electron chi connectivity index (χ1n) is 14.3. The van der Waals surface area contributed by atoms with Crippen molar-refractivity contribution < 1.29 is 41.1 Å². The third-order valence-electron chi connectivity index (χ3n) is 6.88. The molecular weight excluding hydrogens is 625 g/mol. The van der Waals surface area contributed by atoms with E-state index in [9.17, 15) is 36.3 Å². The molecule has 0 bridgehead atoms. The summed E-state index contributed by atoms with van der Waals surface area (Å²) in [5.41, 5.74) is -0.942. The van der Waals surface area contributed by atoms with Gasteiger partial charge in [0.1, 0.15) is 33.3 Å². The van der Waals surface area contributed by atoms with Gasteiger partial charge in [-0.25, -0.2) is 23.2 Å². The van der Waals surface area contributed by atoms with Crippen molar-refractivity contribution in [3.05, 3.63) is 41.0 Å². The van der Waals surface area contributed by atoms with E-state index in [2.05, 4.69) is 20.7 Å². The van der Waals surface area contributed by atoms with E-state index < -0.39 is 53.6 Å². The van der Waals surface area contributed by atoms with E-state index in [1.807, 2.05) is 17.1 Å². The Morgan fingerprint density at radius 2 is 1.87 bits per heavy atom. The van der Waals surface area contributed by atoms with Gasteiger partial charge in [-0.15, -0.1) is 0 Å². The number of rotatable bonds is 7. The summed E-state index contributed by atoms with van der Waals surface area (Å²) in [5, 5.41) is 11.4. The van der Waals surface area contributed by atoms with Gasteiger partial charge >= 0.3 is 18.2 Å². The number of thiazole rings is 1. The number of alkyl halides is 4. The van der Waals surface area contributed by atoms with Crippen molar-refractivity contribution in [2.75, 3.05) is 28.6 Å². The van der Waals surface area contributed by atoms with Crippen LogP contribution in [0.5, 0.6) is 0 Å². The molecule has 4 rings (SSSR count). The summed E-state index contributed by atoms with van der Waals surface area (Å²) in [5.74, 6) is -4.55. The molecule has 3 heterocycles. The minimum atomic E-state index is -4.99. The number of halogens is 5. The number of aryl methyl sites for hydroxylation is 1. The number of allylic oxidation sites excluding steroid dienone is 4. The molecule has 2 aliphatic rings. The van der Waals surface area contributed by atoms with Crippen molar-refractivity contribution in [3.63, 3.8) is 0 Å². The van der Waals surface area contributed by atoms with Crippen LogP contribution >= 0.6 is 11.3 Å². The van der Waals surface area contributed by atoms with Gasteiger partial charge in [0.2, 0.25) is 0 Å². The molecule has 0 spiro atoms. The first kappa shape index (κ1) is 33.9. The summed E-state index contributed by atoms with van der Waals surface area (Å²) in [6.07, 6.45) is -1.79. The molecule has 246 valence electrons. The van der Waals surface area contributed by atoms with Crippen molar-refractivity contribution in [1.82, 2.24) is 20.1 Å². The molecule has 0 radical (unpaired) electrons. The summed E-state index contributed by atoms with van der Waals surface area (Å²) in [6, 6.07) is -0.696. The highest BCUT2D eigenvalue weighted by atomic mass is 32.1. The number of anilines is 3. The van der Waals surface area contributed by atoms with Gasteiger partial charge in [-0.1, -0.05) is 17.4 Å². The maximum absolute atomic E-state index is 14.7. The SMILES string of the molecule is CCn1ncc(NC(=O)c2nc(C3C(F)=CC=CC3F)sc2NC(=O)OC(C)(C)C)c1N1CCC[C@H](NC(=O)C(F)(F)F)CC1. The molecule has 2 unspecified atom stereocenters. The summed E-state index contributed by atoms with van der Waals surface area (Å²) < 4.78 is 74.6. The van der Waals surface area contributed by atoms with Crippen LogP contribution in [0.25, 0.3) is 0 Å². The van der Waals surface area contributed by atoms with E-state index in [1.165, 1.54) is 12.3 Å². The lowest BCUT2D eigenvalue weighted by atomic mass is 9.98. The number of nitrogens with one attached hydrogen (secondary N) is 3. The lowest BCUT2D eigenvalue weighted by Crippen LogP contribution is -2.43. The Bertz CT molecular complexity index is 1480. The highest BCUT2D eigenvalue weighted by Gasteiger charge is 2.40. The maximum Gasteiger partial charge on any atom is 0.471 e. The number of ether oxygens (including phenoxy) is 1. The van der Waals surface area contributed by atoms with E-state index in [0.717, 1.165) is 23.5 Å². The zero-order valence-electron chi connectivity index (χ0n) is 25.0. The van der Waals surface area contributed by atoms with Crippen LogP contribution in [0.3, 0.4) is 0 Å². The monoisotopic (exact) mass is 659 g/mol. The summed E-state index contributed by atoms with van der Waals surface area (Å²) >= 11 is 0.734. The van der Waals surface area contributed by atoms with Gasteiger partial charge in [0.25, 0.3) is 5.91 Å². The average molecular weight is 660 g/mol. The number of carbonyl (C=O) groups excluding carboxylic acids is 3. The van der Waals surface area contributed by atoms with Crippen LogP contribution in [-0.4, -0.2) is 69.8 Å². The van der Waals surface area contributed by atoms with Gasteiger partial charge in [0.05, 0.1) is 12.1 Å². The van der Waals surface area contributed by atoms with Crippen molar-refractivity contribution >= 4 is 45.8 Å². The Morgan fingerprint density at radius 1 is 1.13 bits per heavy atom. The van der Waals surface area contributed by atoms with Crippen molar-refractivity contribution in [1.29, 1.82) is 0 Å². The topological polar surface area (TPSA) is 130 Å². The second kappa shape index (κ2) is 13.5. The van der Waals surface area contributed by atoms with Crippen molar-refractivity contribution in [2.24, 2.45) is 0 Å². The van der Waals surface area contributed by atoms with Crippen molar-refractivity contribution in [2.45, 2.75) is 83.4 Å². The largest absolute Gasteiger partial charge is 0.471 e. The number of amides is 3. The fraction of sp³-hybridized carbons (Fsp3) is 0.536. The number of hydrogen-bond donors (Lipinski definition) is 3. The molecule has 3 amide bonds. The molecule has 0 aromatic carbocycles. The molecule has 17 heteroatoms. The van der Waals surface area contributed by atoms with E-state index in [0.29, 0.717) is 31.7 Å². The predicted molar refractivity (Wildman–Crippen MR) is 158 cm³/mol. The minimum Gasteiger partial charge on any atom is -0.444 e. The van der Waals surface area contributed by atoms with Crippen LogP contribution in [0.15, 0.2) is 30.3 Å². The van der Waals surface area contributed by atoms with Crippen LogP contribution in [0.4, 0.5) is 43.3 Å². The fourth-order valence-electron chi connectivity index (χ4n) is 4.91. The van der Waals surface area contributed by atoms with Crippen LogP contribution in [0.1, 0.15) is 68.4 Å². The Hall–Kier alpha value is -4.02. The van der Waals surface area contributed by atoms with E-state index in [4.69, 9.17) is 4.74 Å². The number of aromatic nitrogens is 3. The molecular formula is C28H34F5N7O4S. The summed E-state index contributed by atoms with van der Waals surface area (Å²) in [7, 11) is 0. The van der Waals surface area contributed by atoms with Gasteiger partial charge in [0.15, 0.2) is 11.5 Å². The summed E-state index contributed by atoms with van der Waals surface area (Å²) in [6.45, 7) is 7.78.